The third-order valence-corrected chi connectivity index (χ3v) is 2.98. The van der Waals surface area contributed by atoms with E-state index in [-0.39, 0.29) is 6.15 Å². The Morgan fingerprint density at radius 2 is 2.05 bits per heavy atom. The topological polar surface area (TPSA) is 85.1 Å². The first kappa shape index (κ1) is 17.9. The number of rotatable bonds is 4. The lowest BCUT2D eigenvalue weighted by Crippen LogP contribution is -2.10. The molecule has 2 aromatic heterocycles. The molecule has 0 unspecified atom stereocenters. The van der Waals surface area contributed by atoms with Crippen LogP contribution in [0.25, 0.3) is 11.5 Å². The minimum absolute atomic E-state index is 0.250. The van der Waals surface area contributed by atoms with E-state index < -0.39 is 0 Å². The van der Waals surface area contributed by atoms with Crippen molar-refractivity contribution in [2.75, 3.05) is 5.32 Å². The molecule has 0 aliphatic heterocycles. The van der Waals surface area contributed by atoms with Crippen LogP contribution in [0.5, 0.6) is 0 Å². The number of nitrogens with zero attached hydrogens (tertiary/aromatic N) is 2. The van der Waals surface area contributed by atoms with Gasteiger partial charge in [0.2, 0.25) is 5.89 Å². The molecule has 0 bridgehead atoms. The molecule has 1 N–H and O–H groups in total. The van der Waals surface area contributed by atoms with Crippen molar-refractivity contribution in [3.05, 3.63) is 28.9 Å². The molecule has 0 aromatic carbocycles. The largest absolute Gasteiger partial charge is 0.441 e. The molecule has 0 fully saturated rings. The van der Waals surface area contributed by atoms with Crippen molar-refractivity contribution < 1.29 is 14.0 Å². The predicted molar refractivity (Wildman–Crippen MR) is 82.6 cm³/mol. The van der Waals surface area contributed by atoms with Gasteiger partial charge in [-0.3, -0.25) is 0 Å². The normalized spacial score (nSPS) is 9.91. The Bertz CT molecular complexity index is 662. The van der Waals surface area contributed by atoms with Gasteiger partial charge in [0.25, 0.3) is 0 Å². The molecule has 0 amide bonds. The second-order valence-corrected chi connectivity index (χ2v) is 5.20. The lowest BCUT2D eigenvalue weighted by molar-refractivity contribution is -0.191. The van der Waals surface area contributed by atoms with E-state index in [9.17, 15) is 0 Å². The number of hydrogen-bond acceptors (Lipinski definition) is 6. The molecule has 0 saturated carbocycles. The highest BCUT2D eigenvalue weighted by Crippen LogP contribution is 2.30. The van der Waals surface area contributed by atoms with Crippen molar-refractivity contribution in [1.29, 1.82) is 0 Å². The SMILES string of the molecule is CCc1nc(-c2cnc(Cl)cc2NC(C)C)oc1C.O=C=O. The summed E-state index contributed by atoms with van der Waals surface area (Å²) in [5.74, 6) is 1.43. The van der Waals surface area contributed by atoms with Crippen molar-refractivity contribution in [2.45, 2.75) is 40.2 Å². The summed E-state index contributed by atoms with van der Waals surface area (Å²) in [6, 6.07) is 2.08. The lowest BCUT2D eigenvalue weighted by Gasteiger charge is -2.12. The zero-order chi connectivity index (χ0) is 16.7. The highest BCUT2D eigenvalue weighted by Gasteiger charge is 2.15. The summed E-state index contributed by atoms with van der Waals surface area (Å²) in [5.41, 5.74) is 2.69. The van der Waals surface area contributed by atoms with E-state index in [1.54, 1.807) is 12.3 Å². The van der Waals surface area contributed by atoms with Crippen LogP contribution in [0.3, 0.4) is 0 Å². The van der Waals surface area contributed by atoms with E-state index in [1.807, 2.05) is 6.92 Å². The first-order valence-corrected chi connectivity index (χ1v) is 7.18. The van der Waals surface area contributed by atoms with Crippen molar-refractivity contribution in [1.82, 2.24) is 9.97 Å². The van der Waals surface area contributed by atoms with Gasteiger partial charge in [0.15, 0.2) is 0 Å². The summed E-state index contributed by atoms with van der Waals surface area (Å²) in [6.07, 6.45) is 2.79. The maximum atomic E-state index is 8.12. The van der Waals surface area contributed by atoms with Gasteiger partial charge in [0, 0.05) is 12.2 Å². The van der Waals surface area contributed by atoms with Crippen LogP contribution < -0.4 is 5.32 Å². The fourth-order valence-electron chi connectivity index (χ4n) is 1.90. The fraction of sp³-hybridized carbons (Fsp3) is 0.400. The quantitative estimate of drug-likeness (QED) is 0.867. The molecular weight excluding hydrogens is 306 g/mol. The molecular formula is C15H18ClN3O3. The Morgan fingerprint density at radius 1 is 1.41 bits per heavy atom. The van der Waals surface area contributed by atoms with Gasteiger partial charge < -0.3 is 9.73 Å². The molecule has 2 heterocycles. The van der Waals surface area contributed by atoms with E-state index in [0.29, 0.717) is 17.1 Å². The van der Waals surface area contributed by atoms with Crippen LogP contribution in [0.2, 0.25) is 5.15 Å². The van der Waals surface area contributed by atoms with Crippen LogP contribution >= 0.6 is 11.6 Å². The smallest absolute Gasteiger partial charge is 0.373 e. The van der Waals surface area contributed by atoms with Gasteiger partial charge in [0.05, 0.1) is 16.9 Å². The number of aryl methyl sites for hydroxylation is 2. The van der Waals surface area contributed by atoms with Crippen molar-refractivity contribution in [3.63, 3.8) is 0 Å². The Kier molecular flexibility index (Phi) is 6.76. The predicted octanol–water partition coefficient (Wildman–Crippen LogP) is 3.50. The Morgan fingerprint density at radius 3 is 2.55 bits per heavy atom. The molecule has 6 nitrogen and oxygen atoms in total. The van der Waals surface area contributed by atoms with E-state index >= 15 is 0 Å². The first-order chi connectivity index (χ1) is 10.4. The molecule has 0 radical (unpaired) electrons. The number of anilines is 1. The molecule has 0 aliphatic rings. The molecule has 0 saturated heterocycles. The molecule has 22 heavy (non-hydrogen) atoms. The minimum atomic E-state index is 0.250. The third kappa shape index (κ3) is 4.69. The highest BCUT2D eigenvalue weighted by atomic mass is 35.5. The molecule has 0 aliphatic carbocycles. The van der Waals surface area contributed by atoms with Gasteiger partial charge in [-0.05, 0) is 33.3 Å². The second kappa shape index (κ2) is 8.32. The first-order valence-electron chi connectivity index (χ1n) is 6.80. The number of nitrogens with one attached hydrogen (secondary N) is 1. The summed E-state index contributed by atoms with van der Waals surface area (Å²) in [7, 11) is 0. The van der Waals surface area contributed by atoms with Gasteiger partial charge in [-0.2, -0.15) is 9.59 Å². The van der Waals surface area contributed by atoms with Crippen molar-refractivity contribution in [3.8, 4) is 11.5 Å². The van der Waals surface area contributed by atoms with Gasteiger partial charge in [-0.15, -0.1) is 0 Å². The second-order valence-electron chi connectivity index (χ2n) is 4.81. The maximum absolute atomic E-state index is 8.12. The standard InChI is InChI=1S/C14H18ClN3O.CO2/c1-5-11-9(4)19-14(18-11)10-7-16-13(15)6-12(10)17-8(2)3;2-1-3/h6-8H,5H2,1-4H3,(H,16,17);. The third-order valence-electron chi connectivity index (χ3n) is 2.77. The zero-order valence-corrected chi connectivity index (χ0v) is 13.7. The Balaban J connectivity index is 0.000000745. The lowest BCUT2D eigenvalue weighted by atomic mass is 10.2. The summed E-state index contributed by atoms with van der Waals surface area (Å²) in [5, 5.41) is 3.78. The maximum Gasteiger partial charge on any atom is 0.373 e. The van der Waals surface area contributed by atoms with E-state index in [0.717, 1.165) is 29.1 Å². The fourth-order valence-corrected chi connectivity index (χ4v) is 2.06. The Labute approximate surface area is 133 Å². The van der Waals surface area contributed by atoms with Gasteiger partial charge in [-0.1, -0.05) is 18.5 Å². The molecule has 0 atom stereocenters. The molecule has 118 valence electrons. The van der Waals surface area contributed by atoms with Crippen molar-refractivity contribution in [2.24, 2.45) is 0 Å². The van der Waals surface area contributed by atoms with Gasteiger partial charge in [-0.25, -0.2) is 9.97 Å². The number of carbonyl (C=O) groups excluding carboxylic acids is 2. The van der Waals surface area contributed by atoms with Gasteiger partial charge in [0.1, 0.15) is 10.9 Å². The van der Waals surface area contributed by atoms with E-state index in [2.05, 4.69) is 36.1 Å². The zero-order valence-electron chi connectivity index (χ0n) is 12.9. The highest BCUT2D eigenvalue weighted by molar-refractivity contribution is 6.29. The number of aromatic nitrogens is 2. The van der Waals surface area contributed by atoms with Crippen LogP contribution in [0.15, 0.2) is 16.7 Å². The number of hydrogen-bond donors (Lipinski definition) is 1. The monoisotopic (exact) mass is 323 g/mol. The molecule has 2 rings (SSSR count). The van der Waals surface area contributed by atoms with Gasteiger partial charge >= 0.3 is 6.15 Å². The summed E-state index contributed by atoms with van der Waals surface area (Å²) >= 11 is 5.95. The Hall–Kier alpha value is -2.17. The average molecular weight is 324 g/mol. The van der Waals surface area contributed by atoms with Crippen LogP contribution in [0.4, 0.5) is 5.69 Å². The van der Waals surface area contributed by atoms with Crippen LogP contribution in [0, 0.1) is 6.92 Å². The average Bonchev–Trinajstić information content (AvgIpc) is 2.80. The van der Waals surface area contributed by atoms with E-state index in [1.165, 1.54) is 0 Å². The number of halogens is 1. The van der Waals surface area contributed by atoms with Crippen LogP contribution in [-0.2, 0) is 16.0 Å². The summed E-state index contributed by atoms with van der Waals surface area (Å²) in [6.45, 7) is 8.11. The molecule has 0 spiro atoms. The van der Waals surface area contributed by atoms with Crippen LogP contribution in [-0.4, -0.2) is 22.2 Å². The summed E-state index contributed by atoms with van der Waals surface area (Å²) in [4.78, 5) is 24.9. The van der Waals surface area contributed by atoms with E-state index in [4.69, 9.17) is 25.6 Å². The number of pyridine rings is 1. The number of oxazole rings is 1. The summed E-state index contributed by atoms with van der Waals surface area (Å²) < 4.78 is 5.72. The minimum Gasteiger partial charge on any atom is -0.441 e. The van der Waals surface area contributed by atoms with Crippen LogP contribution in [0.1, 0.15) is 32.2 Å². The molecule has 2 aromatic rings. The van der Waals surface area contributed by atoms with Crippen molar-refractivity contribution >= 4 is 23.4 Å². The molecule has 7 heteroatoms.